The third kappa shape index (κ3) is 3.56. The molecule has 1 saturated heterocycles. The zero-order valence-corrected chi connectivity index (χ0v) is 16.3. The van der Waals surface area contributed by atoms with Crippen LogP contribution in [0, 0.1) is 6.92 Å². The van der Waals surface area contributed by atoms with E-state index in [0.717, 1.165) is 12.0 Å². The average Bonchev–Trinajstić information content (AvgIpc) is 3.49. The van der Waals surface area contributed by atoms with Gasteiger partial charge in [-0.05, 0) is 54.0 Å². The van der Waals surface area contributed by atoms with Crippen molar-refractivity contribution in [2.45, 2.75) is 69.7 Å². The third-order valence-corrected chi connectivity index (χ3v) is 6.40. The smallest absolute Gasteiger partial charge is 0.0854 e. The maximum absolute atomic E-state index is 10.2. The van der Waals surface area contributed by atoms with E-state index in [1.807, 2.05) is 0 Å². The fraction of sp³-hybridized carbons (Fsp3) is 0.500. The van der Waals surface area contributed by atoms with Crippen LogP contribution in [-0.2, 0) is 16.6 Å². The summed E-state index contributed by atoms with van der Waals surface area (Å²) in [7, 11) is 0. The maximum atomic E-state index is 10.2. The van der Waals surface area contributed by atoms with Gasteiger partial charge < -0.3 is 14.9 Å². The number of ether oxygens (including phenoxy) is 1. The summed E-state index contributed by atoms with van der Waals surface area (Å²) < 4.78 is 6.05. The van der Waals surface area contributed by atoms with Crippen molar-refractivity contribution in [3.05, 3.63) is 70.3 Å². The standard InChI is InChI=1S/C24H30O3/c1-3-17-5-8-19(9-6-17)24(10-11-24)22-12-18(7-4-16(22)2)23-14-20(26)13-21(15-25)27-23/h4-9,12,20-21,23,25-26H,3,10-11,13-15H2,1-2H3. The van der Waals surface area contributed by atoms with Gasteiger partial charge in [-0.2, -0.15) is 0 Å². The summed E-state index contributed by atoms with van der Waals surface area (Å²) in [6.45, 7) is 4.33. The molecule has 144 valence electrons. The van der Waals surface area contributed by atoms with Crippen molar-refractivity contribution in [1.82, 2.24) is 0 Å². The van der Waals surface area contributed by atoms with Crippen LogP contribution in [0.3, 0.4) is 0 Å². The second kappa shape index (κ2) is 7.38. The summed E-state index contributed by atoms with van der Waals surface area (Å²) >= 11 is 0. The quantitative estimate of drug-likeness (QED) is 0.833. The predicted molar refractivity (Wildman–Crippen MR) is 107 cm³/mol. The molecule has 4 rings (SSSR count). The maximum Gasteiger partial charge on any atom is 0.0854 e. The zero-order chi connectivity index (χ0) is 19.0. The average molecular weight is 367 g/mol. The minimum absolute atomic E-state index is 0.0417. The lowest BCUT2D eigenvalue weighted by molar-refractivity contribution is -0.113. The highest BCUT2D eigenvalue weighted by Gasteiger charge is 2.46. The van der Waals surface area contributed by atoms with Crippen molar-refractivity contribution in [2.24, 2.45) is 0 Å². The Balaban J connectivity index is 1.66. The van der Waals surface area contributed by atoms with Gasteiger partial charge in [0.25, 0.3) is 0 Å². The summed E-state index contributed by atoms with van der Waals surface area (Å²) in [4.78, 5) is 0. The van der Waals surface area contributed by atoms with Crippen molar-refractivity contribution in [1.29, 1.82) is 0 Å². The first-order valence-electron chi connectivity index (χ1n) is 10.2. The molecule has 3 unspecified atom stereocenters. The lowest BCUT2D eigenvalue weighted by Gasteiger charge is -2.33. The van der Waals surface area contributed by atoms with E-state index < -0.39 is 6.10 Å². The number of aliphatic hydroxyl groups excluding tert-OH is 2. The molecule has 2 aromatic carbocycles. The van der Waals surface area contributed by atoms with Crippen LogP contribution in [-0.4, -0.2) is 29.0 Å². The zero-order valence-electron chi connectivity index (χ0n) is 16.3. The molecular formula is C24H30O3. The van der Waals surface area contributed by atoms with Gasteiger partial charge >= 0.3 is 0 Å². The molecule has 27 heavy (non-hydrogen) atoms. The Bertz CT molecular complexity index is 792. The van der Waals surface area contributed by atoms with Crippen LogP contribution in [0.2, 0.25) is 0 Å². The van der Waals surface area contributed by atoms with Crippen molar-refractivity contribution < 1.29 is 14.9 Å². The van der Waals surface area contributed by atoms with E-state index in [9.17, 15) is 10.2 Å². The first kappa shape index (κ1) is 18.7. The summed E-state index contributed by atoms with van der Waals surface area (Å²) in [5.41, 5.74) is 6.71. The molecule has 0 spiro atoms. The molecule has 2 N–H and O–H groups in total. The molecule has 1 aliphatic heterocycles. The highest BCUT2D eigenvalue weighted by Crippen LogP contribution is 2.55. The molecule has 1 aliphatic carbocycles. The van der Waals surface area contributed by atoms with Crippen LogP contribution >= 0.6 is 0 Å². The van der Waals surface area contributed by atoms with Gasteiger partial charge in [-0.3, -0.25) is 0 Å². The summed E-state index contributed by atoms with van der Waals surface area (Å²) in [6.07, 6.45) is 3.68. The van der Waals surface area contributed by atoms with Crippen LogP contribution in [0.25, 0.3) is 0 Å². The van der Waals surface area contributed by atoms with Gasteiger partial charge in [0, 0.05) is 18.3 Å². The van der Waals surface area contributed by atoms with Crippen molar-refractivity contribution in [3.8, 4) is 0 Å². The molecule has 0 aromatic heterocycles. The van der Waals surface area contributed by atoms with Gasteiger partial charge in [0.2, 0.25) is 0 Å². The van der Waals surface area contributed by atoms with Gasteiger partial charge in [0.05, 0.1) is 24.9 Å². The summed E-state index contributed by atoms with van der Waals surface area (Å²) in [5.74, 6) is 0. The van der Waals surface area contributed by atoms with Crippen molar-refractivity contribution in [3.63, 3.8) is 0 Å². The number of aliphatic hydroxyl groups is 2. The van der Waals surface area contributed by atoms with Gasteiger partial charge in [-0.1, -0.05) is 49.4 Å². The Morgan fingerprint density at radius 1 is 1.07 bits per heavy atom. The van der Waals surface area contributed by atoms with E-state index in [2.05, 4.69) is 56.3 Å². The monoisotopic (exact) mass is 366 g/mol. The van der Waals surface area contributed by atoms with Crippen LogP contribution in [0.5, 0.6) is 0 Å². The topological polar surface area (TPSA) is 49.7 Å². The Morgan fingerprint density at radius 3 is 2.44 bits per heavy atom. The molecule has 1 heterocycles. The predicted octanol–water partition coefficient (Wildman–Crippen LogP) is 4.21. The SMILES string of the molecule is CCc1ccc(C2(c3cc(C4CC(O)CC(CO)O4)ccc3C)CC2)cc1. The van der Waals surface area contributed by atoms with E-state index in [1.54, 1.807) is 0 Å². The molecule has 2 fully saturated rings. The largest absolute Gasteiger partial charge is 0.394 e. The van der Waals surface area contributed by atoms with Gasteiger partial charge in [-0.25, -0.2) is 0 Å². The fourth-order valence-corrected chi connectivity index (χ4v) is 4.58. The molecule has 0 amide bonds. The number of hydrogen-bond acceptors (Lipinski definition) is 3. The summed E-state index contributed by atoms with van der Waals surface area (Å²) in [6, 6.07) is 15.7. The molecule has 0 radical (unpaired) electrons. The minimum atomic E-state index is -0.415. The molecule has 1 saturated carbocycles. The highest BCUT2D eigenvalue weighted by molar-refractivity contribution is 5.50. The van der Waals surface area contributed by atoms with E-state index in [4.69, 9.17) is 4.74 Å². The van der Waals surface area contributed by atoms with Gasteiger partial charge in [0.15, 0.2) is 0 Å². The van der Waals surface area contributed by atoms with E-state index >= 15 is 0 Å². The number of benzene rings is 2. The second-order valence-corrected chi connectivity index (χ2v) is 8.26. The Morgan fingerprint density at radius 2 is 1.81 bits per heavy atom. The molecule has 2 aliphatic rings. The second-order valence-electron chi connectivity index (χ2n) is 8.26. The Labute approximate surface area is 162 Å². The third-order valence-electron chi connectivity index (χ3n) is 6.40. The van der Waals surface area contributed by atoms with E-state index in [-0.39, 0.29) is 24.2 Å². The Hall–Kier alpha value is -1.68. The molecule has 3 nitrogen and oxygen atoms in total. The minimum Gasteiger partial charge on any atom is -0.394 e. The van der Waals surface area contributed by atoms with Crippen LogP contribution in [0.15, 0.2) is 42.5 Å². The molecule has 3 heteroatoms. The van der Waals surface area contributed by atoms with Crippen LogP contribution in [0.1, 0.15) is 66.5 Å². The molecule has 3 atom stereocenters. The van der Waals surface area contributed by atoms with E-state index in [1.165, 1.54) is 35.1 Å². The summed E-state index contributed by atoms with van der Waals surface area (Å²) in [5, 5.41) is 19.6. The van der Waals surface area contributed by atoms with Crippen molar-refractivity contribution in [2.75, 3.05) is 6.61 Å². The normalized spacial score (nSPS) is 26.7. The first-order chi connectivity index (χ1) is 13.1. The van der Waals surface area contributed by atoms with Crippen LogP contribution in [0.4, 0.5) is 0 Å². The Kier molecular flexibility index (Phi) is 5.11. The van der Waals surface area contributed by atoms with Gasteiger partial charge in [0.1, 0.15) is 0 Å². The van der Waals surface area contributed by atoms with Gasteiger partial charge in [-0.15, -0.1) is 0 Å². The first-order valence-corrected chi connectivity index (χ1v) is 10.2. The molecular weight excluding hydrogens is 336 g/mol. The van der Waals surface area contributed by atoms with Crippen molar-refractivity contribution >= 4 is 0 Å². The number of rotatable bonds is 5. The lowest BCUT2D eigenvalue weighted by Crippen LogP contribution is -2.33. The highest BCUT2D eigenvalue weighted by atomic mass is 16.5. The molecule has 0 bridgehead atoms. The fourth-order valence-electron chi connectivity index (χ4n) is 4.58. The molecule has 2 aromatic rings. The lowest BCUT2D eigenvalue weighted by atomic mass is 9.83. The van der Waals surface area contributed by atoms with E-state index in [0.29, 0.717) is 12.8 Å². The number of aryl methyl sites for hydroxylation is 2. The van der Waals surface area contributed by atoms with Crippen LogP contribution < -0.4 is 0 Å². The number of hydrogen-bond donors (Lipinski definition) is 2.